The zero-order valence-corrected chi connectivity index (χ0v) is 31.6. The zero-order valence-electron chi connectivity index (χ0n) is 30.8. The normalized spacial score (nSPS) is 31.6. The minimum absolute atomic E-state index is 0.0453. The molecule has 0 radical (unpaired) electrons. The Morgan fingerprint density at radius 3 is 2.31 bits per heavy atom. The van der Waals surface area contributed by atoms with E-state index >= 15 is 4.79 Å². The first-order chi connectivity index (χ1) is 25.4. The second-order valence-corrected chi connectivity index (χ2v) is 19.3. The first-order valence-corrected chi connectivity index (χ1v) is 20.4. The summed E-state index contributed by atoms with van der Waals surface area (Å²) in [6.07, 6.45) is 2.61. The van der Waals surface area contributed by atoms with Crippen LogP contribution >= 0.6 is 0 Å². The molecule has 4 atom stereocenters. The van der Waals surface area contributed by atoms with E-state index in [1.807, 2.05) is 23.1 Å². The van der Waals surface area contributed by atoms with Crippen molar-refractivity contribution >= 4 is 32.9 Å². The summed E-state index contributed by atoms with van der Waals surface area (Å²) in [4.78, 5) is 30.4. The van der Waals surface area contributed by atoms with E-state index in [2.05, 4.69) is 15.4 Å². The Bertz CT molecular complexity index is 2190. The largest absolute Gasteiger partial charge is 0.633 e. The fourth-order valence-electron chi connectivity index (χ4n) is 11.5. The molecule has 2 saturated heterocycles. The van der Waals surface area contributed by atoms with E-state index < -0.39 is 49.7 Å². The highest BCUT2D eigenvalue weighted by Crippen LogP contribution is 2.70. The van der Waals surface area contributed by atoms with Crippen molar-refractivity contribution in [2.24, 2.45) is 16.2 Å². The summed E-state index contributed by atoms with van der Waals surface area (Å²) in [6.45, 7) is -0.774. The number of hydrogen-bond acceptors (Lipinski definition) is 6. The molecular formula is C39H46F3N5O6S. The molecule has 9 rings (SSSR count). The quantitative estimate of drug-likeness (QED) is 0.236. The number of rotatable bonds is 7. The number of benzene rings is 2. The number of hydroxylamine groups is 3. The lowest BCUT2D eigenvalue weighted by atomic mass is 9.53. The van der Waals surface area contributed by atoms with E-state index in [1.54, 1.807) is 19.2 Å². The Morgan fingerprint density at radius 1 is 1.02 bits per heavy atom. The van der Waals surface area contributed by atoms with Gasteiger partial charge in [-0.05, 0) is 79.5 Å². The number of hydrogen-bond donors (Lipinski definition) is 1. The number of methoxy groups -OCH3 is 1. The summed E-state index contributed by atoms with van der Waals surface area (Å²) >= 11 is 0. The van der Waals surface area contributed by atoms with E-state index in [-0.39, 0.29) is 49.5 Å². The number of halogens is 3. The lowest BCUT2D eigenvalue weighted by Crippen LogP contribution is -2.50. The van der Waals surface area contributed by atoms with Crippen LogP contribution in [0.25, 0.3) is 22.2 Å². The van der Waals surface area contributed by atoms with Crippen LogP contribution in [0.2, 0.25) is 0 Å². The van der Waals surface area contributed by atoms with Gasteiger partial charge in [-0.3, -0.25) is 9.59 Å². The number of carbonyl (C=O) groups excluding carboxylic acids is 2. The molecule has 0 spiro atoms. The second-order valence-electron chi connectivity index (χ2n) is 17.4. The molecule has 3 aliphatic carbocycles. The monoisotopic (exact) mass is 769 g/mol. The third kappa shape index (κ3) is 5.27. The third-order valence-corrected chi connectivity index (χ3v) is 15.4. The molecule has 3 saturated carbocycles. The highest BCUT2D eigenvalue weighted by atomic mass is 32.2. The lowest BCUT2D eigenvalue weighted by Gasteiger charge is -2.45. The molecule has 5 fully saturated rings. The Balaban J connectivity index is 1.15. The number of alkyl halides is 3. The number of amides is 2. The maximum Gasteiger partial charge on any atom is 0.438 e. The number of nitrogens with zero attached hydrogens (tertiary/aromatic N) is 4. The molecule has 2 amide bonds. The van der Waals surface area contributed by atoms with Crippen LogP contribution in [-0.4, -0.2) is 98.8 Å². The summed E-state index contributed by atoms with van der Waals surface area (Å²) in [5.74, 6) is -0.0289. The van der Waals surface area contributed by atoms with Crippen molar-refractivity contribution in [1.82, 2.24) is 18.5 Å². The molecule has 1 aromatic heterocycles. The SMILES string of the molecule is COc1ccc2c(c1)[C@@H]1C[C@]1(C(=O)N1CC34CCC3(C1)C[N+]([O-])(CC(F)(F)F)C4)Cn1c-2c(C2CCCCC2)c2ccc(C(=O)NS(=O)(=O)N(C)C)cc21. The van der Waals surface area contributed by atoms with Gasteiger partial charge in [0.2, 0.25) is 5.91 Å². The standard InChI is InChI=1S/C39H46F3N5O6S/c1-44(2)54(51,52)43-34(48)25-9-11-28-31(15-25)46-20-38(35(49)45-18-36-13-14-37(36,19-45)22-47(50,21-36)23-39(40,41)42)17-30(38)29-16-26(53-3)10-12-27(29)33(46)32(28)24-7-5-4-6-8-24/h9-12,15-16,24,30H,4-8,13-14,17-23H2,1-3H3,(H,43,48)/t30-,36?,37?,38-,47?/m0/s1. The average molecular weight is 770 g/mol. The third-order valence-electron chi connectivity index (χ3n) is 14.0. The second kappa shape index (κ2) is 11.7. The smallest absolute Gasteiger partial charge is 0.438 e. The van der Waals surface area contributed by atoms with Gasteiger partial charge in [-0.1, -0.05) is 25.3 Å². The van der Waals surface area contributed by atoms with Crippen LogP contribution in [0.1, 0.15) is 84.7 Å². The van der Waals surface area contributed by atoms with Crippen LogP contribution in [0.4, 0.5) is 13.2 Å². The van der Waals surface area contributed by atoms with Crippen molar-refractivity contribution in [3.05, 3.63) is 58.3 Å². The van der Waals surface area contributed by atoms with Gasteiger partial charge in [0, 0.05) is 61.7 Å². The van der Waals surface area contributed by atoms with Gasteiger partial charge in [-0.2, -0.15) is 25.9 Å². The van der Waals surface area contributed by atoms with Crippen molar-refractivity contribution in [2.75, 3.05) is 53.9 Å². The Hall–Kier alpha value is -3.66. The minimum atomic E-state index is -4.56. The van der Waals surface area contributed by atoms with Gasteiger partial charge in [-0.25, -0.2) is 4.72 Å². The minimum Gasteiger partial charge on any atom is -0.633 e. The molecule has 1 N–H and O–H groups in total. The number of likely N-dealkylation sites (tertiary alicyclic amines) is 2. The summed E-state index contributed by atoms with van der Waals surface area (Å²) in [5.41, 5.74) is 3.02. The van der Waals surface area contributed by atoms with Gasteiger partial charge in [0.05, 0.1) is 42.1 Å². The predicted molar refractivity (Wildman–Crippen MR) is 195 cm³/mol. The Kier molecular flexibility index (Phi) is 7.79. The lowest BCUT2D eigenvalue weighted by molar-refractivity contribution is -0.884. The fourth-order valence-corrected chi connectivity index (χ4v) is 12.0. The molecule has 3 aromatic rings. The number of carbonyl (C=O) groups is 2. The van der Waals surface area contributed by atoms with Crippen LogP contribution in [0.15, 0.2) is 36.4 Å². The van der Waals surface area contributed by atoms with Crippen molar-refractivity contribution < 1.29 is 40.6 Å². The van der Waals surface area contributed by atoms with Gasteiger partial charge < -0.3 is 24.1 Å². The molecule has 3 aliphatic heterocycles. The van der Waals surface area contributed by atoms with Crippen molar-refractivity contribution in [3.63, 3.8) is 0 Å². The van der Waals surface area contributed by atoms with Gasteiger partial charge in [0.15, 0.2) is 6.54 Å². The van der Waals surface area contributed by atoms with E-state index in [9.17, 15) is 31.6 Å². The first kappa shape index (κ1) is 36.0. The molecule has 54 heavy (non-hydrogen) atoms. The average Bonchev–Trinajstić information content (AvgIpc) is 3.68. The van der Waals surface area contributed by atoms with E-state index in [1.165, 1.54) is 19.7 Å². The molecule has 290 valence electrons. The van der Waals surface area contributed by atoms with Crippen LogP contribution in [0, 0.1) is 21.5 Å². The zero-order chi connectivity index (χ0) is 38.2. The molecule has 2 unspecified atom stereocenters. The van der Waals surface area contributed by atoms with Crippen LogP contribution in [0.5, 0.6) is 5.75 Å². The molecule has 15 heteroatoms. The number of ether oxygens (including phenoxy) is 1. The molecule has 11 nitrogen and oxygen atoms in total. The van der Waals surface area contributed by atoms with Crippen LogP contribution in [-0.2, 0) is 21.5 Å². The van der Waals surface area contributed by atoms with Gasteiger partial charge >= 0.3 is 16.4 Å². The highest BCUT2D eigenvalue weighted by Gasteiger charge is 2.75. The number of nitrogens with one attached hydrogen (secondary N) is 1. The summed E-state index contributed by atoms with van der Waals surface area (Å²) < 4.78 is 75.5. The molecule has 2 aromatic carbocycles. The number of quaternary nitrogens is 1. The summed E-state index contributed by atoms with van der Waals surface area (Å²) in [7, 11) is 0.243. The Morgan fingerprint density at radius 2 is 1.70 bits per heavy atom. The van der Waals surface area contributed by atoms with Crippen LogP contribution in [0.3, 0.4) is 0 Å². The maximum atomic E-state index is 15.1. The van der Waals surface area contributed by atoms with Crippen LogP contribution < -0.4 is 9.46 Å². The first-order valence-electron chi connectivity index (χ1n) is 19.0. The maximum absolute atomic E-state index is 15.1. The predicted octanol–water partition coefficient (Wildman–Crippen LogP) is 5.89. The molecule has 6 aliphatic rings. The molecular weight excluding hydrogens is 724 g/mol. The van der Waals surface area contributed by atoms with E-state index in [4.69, 9.17) is 4.74 Å². The fraction of sp³-hybridized carbons (Fsp3) is 0.590. The van der Waals surface area contributed by atoms with E-state index in [0.29, 0.717) is 31.6 Å². The molecule has 0 bridgehead atoms. The van der Waals surface area contributed by atoms with Crippen molar-refractivity contribution in [1.29, 1.82) is 0 Å². The van der Waals surface area contributed by atoms with Gasteiger partial charge in [0.1, 0.15) is 5.75 Å². The van der Waals surface area contributed by atoms with Gasteiger partial charge in [-0.15, -0.1) is 0 Å². The summed E-state index contributed by atoms with van der Waals surface area (Å²) in [5, 5.41) is 14.5. The van der Waals surface area contributed by atoms with Crippen molar-refractivity contribution in [3.8, 4) is 17.0 Å². The van der Waals surface area contributed by atoms with Gasteiger partial charge in [0.25, 0.3) is 5.91 Å². The van der Waals surface area contributed by atoms with E-state index in [0.717, 1.165) is 64.1 Å². The Labute approximate surface area is 312 Å². The highest BCUT2D eigenvalue weighted by molar-refractivity contribution is 7.87. The number of aromatic nitrogens is 1. The molecule has 4 heterocycles. The topological polar surface area (TPSA) is 124 Å². The number of fused-ring (bicyclic) bond motifs is 7. The summed E-state index contributed by atoms with van der Waals surface area (Å²) in [6, 6.07) is 11.3. The van der Waals surface area contributed by atoms with Crippen molar-refractivity contribution in [2.45, 2.75) is 75.9 Å².